The highest BCUT2D eigenvalue weighted by atomic mass is 35.5. The first-order valence-corrected chi connectivity index (χ1v) is 15.0. The number of hydrogen-bond donors (Lipinski definition) is 4. The van der Waals surface area contributed by atoms with E-state index in [0.29, 0.717) is 43.7 Å². The van der Waals surface area contributed by atoms with Gasteiger partial charge < -0.3 is 20.5 Å². The third-order valence-corrected chi connectivity index (χ3v) is 8.33. The number of amides is 1. The molecule has 0 bridgehead atoms. The topological polar surface area (TPSA) is 150 Å². The molecule has 10 nitrogen and oxygen atoms in total. The van der Waals surface area contributed by atoms with Gasteiger partial charge in [-0.05, 0) is 54.9 Å². The number of carbonyl (C=O) groups is 1. The van der Waals surface area contributed by atoms with Crippen LogP contribution in [0.5, 0.6) is 0 Å². The highest BCUT2D eigenvalue weighted by molar-refractivity contribution is 7.91. The molecule has 1 saturated heterocycles. The molecule has 1 amide bonds. The number of sulfonamides is 1. The molecule has 0 radical (unpaired) electrons. The van der Waals surface area contributed by atoms with Gasteiger partial charge in [0.15, 0.2) is 5.96 Å². The standard InChI is InChI=1S/C29H36N6O4S.ClH/c30-29(31)34-17-15-23(16-18-34)19-32-27(36)20-35-25(12-11-22-7-3-1-4-8-22)13-14-26(28(35)37)33-40(38,39)21-24-9-5-2-6-10-24;/h1-10,13-14,23,33H,11-12,15-21H2,(H3,30,31)(H,32,36);1H. The summed E-state index contributed by atoms with van der Waals surface area (Å²) < 4.78 is 29.4. The summed E-state index contributed by atoms with van der Waals surface area (Å²) in [4.78, 5) is 28.3. The maximum Gasteiger partial charge on any atom is 0.275 e. The number of benzene rings is 2. The molecular formula is C29H37ClN6O4S. The molecule has 4 rings (SSSR count). The van der Waals surface area contributed by atoms with Gasteiger partial charge >= 0.3 is 0 Å². The zero-order chi connectivity index (χ0) is 28.5. The molecule has 1 fully saturated rings. The molecule has 220 valence electrons. The molecule has 1 aliphatic rings. The molecule has 0 aliphatic carbocycles. The Morgan fingerprint density at radius 2 is 1.54 bits per heavy atom. The Balaban J connectivity index is 0.00000462. The largest absolute Gasteiger partial charge is 0.370 e. The number of hydrogen-bond acceptors (Lipinski definition) is 5. The van der Waals surface area contributed by atoms with E-state index in [2.05, 4.69) is 10.0 Å². The third-order valence-electron chi connectivity index (χ3n) is 7.09. The van der Waals surface area contributed by atoms with E-state index < -0.39 is 15.6 Å². The molecule has 0 unspecified atom stereocenters. The molecule has 0 spiro atoms. The predicted molar refractivity (Wildman–Crippen MR) is 164 cm³/mol. The number of nitrogens with two attached hydrogens (primary N) is 1. The van der Waals surface area contributed by atoms with E-state index in [1.165, 1.54) is 10.6 Å². The second kappa shape index (κ2) is 14.7. The number of aryl methyl sites for hydroxylation is 2. The number of nitrogens with one attached hydrogen (secondary N) is 3. The molecule has 41 heavy (non-hydrogen) atoms. The minimum absolute atomic E-state index is 0. The number of nitrogens with zero attached hydrogens (tertiary/aromatic N) is 2. The number of guanidine groups is 1. The van der Waals surface area contributed by atoms with Gasteiger partial charge in [0.05, 0.1) is 5.75 Å². The minimum atomic E-state index is -3.85. The monoisotopic (exact) mass is 600 g/mol. The number of rotatable bonds is 11. The van der Waals surface area contributed by atoms with Gasteiger partial charge in [-0.25, -0.2) is 8.42 Å². The fourth-order valence-electron chi connectivity index (χ4n) is 4.84. The quantitative estimate of drug-likeness (QED) is 0.196. The summed E-state index contributed by atoms with van der Waals surface area (Å²) in [6, 6.07) is 21.7. The van der Waals surface area contributed by atoms with E-state index >= 15 is 0 Å². The Bertz CT molecular complexity index is 1470. The molecule has 5 N–H and O–H groups in total. The van der Waals surface area contributed by atoms with Crippen molar-refractivity contribution < 1.29 is 13.2 Å². The van der Waals surface area contributed by atoms with Crippen LogP contribution in [0.1, 0.15) is 29.7 Å². The lowest BCUT2D eigenvalue weighted by molar-refractivity contribution is -0.122. The minimum Gasteiger partial charge on any atom is -0.370 e. The average molecular weight is 601 g/mol. The highest BCUT2D eigenvalue weighted by Crippen LogP contribution is 2.16. The number of halogens is 1. The summed E-state index contributed by atoms with van der Waals surface area (Å²) in [7, 11) is -3.85. The normalized spacial score (nSPS) is 13.7. The first kappa shape index (κ1) is 31.7. The van der Waals surface area contributed by atoms with Crippen LogP contribution < -0.4 is 21.3 Å². The summed E-state index contributed by atoms with van der Waals surface area (Å²) in [5.41, 5.74) is 7.24. The van der Waals surface area contributed by atoms with Gasteiger partial charge in [0.1, 0.15) is 12.2 Å². The van der Waals surface area contributed by atoms with Crippen LogP contribution >= 0.6 is 12.4 Å². The lowest BCUT2D eigenvalue weighted by Gasteiger charge is -2.32. The highest BCUT2D eigenvalue weighted by Gasteiger charge is 2.21. The third kappa shape index (κ3) is 9.36. The van der Waals surface area contributed by atoms with Crippen LogP contribution in [0.4, 0.5) is 5.69 Å². The molecule has 12 heteroatoms. The molecule has 0 atom stereocenters. The van der Waals surface area contributed by atoms with Gasteiger partial charge in [-0.1, -0.05) is 60.7 Å². The molecule has 2 heterocycles. The molecular weight excluding hydrogens is 564 g/mol. The Hall–Kier alpha value is -3.83. The van der Waals surface area contributed by atoms with Crippen molar-refractivity contribution in [1.29, 1.82) is 5.41 Å². The summed E-state index contributed by atoms with van der Waals surface area (Å²) >= 11 is 0. The smallest absolute Gasteiger partial charge is 0.275 e. The fraction of sp³-hybridized carbons (Fsp3) is 0.345. The second-order valence-corrected chi connectivity index (χ2v) is 11.8. The summed E-state index contributed by atoms with van der Waals surface area (Å²) in [6.07, 6.45) is 2.78. The number of carbonyl (C=O) groups excluding carboxylic acids is 1. The summed E-state index contributed by atoms with van der Waals surface area (Å²) in [5, 5.41) is 10.5. The summed E-state index contributed by atoms with van der Waals surface area (Å²) in [5.74, 6) is -0.276. The van der Waals surface area contributed by atoms with Crippen molar-refractivity contribution in [3.63, 3.8) is 0 Å². The predicted octanol–water partition coefficient (Wildman–Crippen LogP) is 2.72. The lowest BCUT2D eigenvalue weighted by atomic mass is 9.97. The van der Waals surface area contributed by atoms with Gasteiger partial charge in [0.25, 0.3) is 5.56 Å². The average Bonchev–Trinajstić information content (AvgIpc) is 2.94. The van der Waals surface area contributed by atoms with Crippen molar-refractivity contribution in [3.8, 4) is 0 Å². The number of pyridine rings is 1. The zero-order valence-corrected chi connectivity index (χ0v) is 24.4. The van der Waals surface area contributed by atoms with E-state index in [1.54, 1.807) is 41.3 Å². The van der Waals surface area contributed by atoms with Crippen LogP contribution in [0.15, 0.2) is 77.6 Å². The Morgan fingerprint density at radius 1 is 0.927 bits per heavy atom. The number of likely N-dealkylation sites (tertiary alicyclic amines) is 1. The Labute approximate surface area is 246 Å². The van der Waals surface area contributed by atoms with Crippen LogP contribution in [0.25, 0.3) is 0 Å². The summed E-state index contributed by atoms with van der Waals surface area (Å²) in [6.45, 7) is 1.58. The SMILES string of the molecule is Cl.N=C(N)N1CCC(CNC(=O)Cn2c(CCc3ccccc3)ccc(NS(=O)(=O)Cc3ccccc3)c2=O)CC1. The molecule has 2 aromatic carbocycles. The van der Waals surface area contributed by atoms with E-state index in [9.17, 15) is 18.0 Å². The first-order valence-electron chi connectivity index (χ1n) is 13.4. The van der Waals surface area contributed by atoms with Crippen molar-refractivity contribution in [1.82, 2.24) is 14.8 Å². The van der Waals surface area contributed by atoms with Gasteiger partial charge in [-0.3, -0.25) is 19.7 Å². The maximum atomic E-state index is 13.5. The maximum absolute atomic E-state index is 13.5. The van der Waals surface area contributed by atoms with Crippen molar-refractivity contribution in [2.45, 2.75) is 38.0 Å². The van der Waals surface area contributed by atoms with E-state index in [-0.39, 0.29) is 48.2 Å². The lowest BCUT2D eigenvalue weighted by Crippen LogP contribution is -2.44. The molecule has 1 aromatic heterocycles. The Morgan fingerprint density at radius 3 is 2.15 bits per heavy atom. The number of aromatic nitrogens is 1. The van der Waals surface area contributed by atoms with E-state index in [0.717, 1.165) is 18.4 Å². The van der Waals surface area contributed by atoms with Crippen molar-refractivity contribution in [2.24, 2.45) is 11.7 Å². The molecule has 1 aliphatic heterocycles. The number of anilines is 1. The zero-order valence-electron chi connectivity index (χ0n) is 22.8. The van der Waals surface area contributed by atoms with E-state index in [1.807, 2.05) is 30.3 Å². The van der Waals surface area contributed by atoms with Crippen molar-refractivity contribution in [2.75, 3.05) is 24.4 Å². The number of piperidine rings is 1. The Kier molecular flexibility index (Phi) is 11.4. The second-order valence-electron chi connectivity index (χ2n) is 10.1. The van der Waals surface area contributed by atoms with Crippen molar-refractivity contribution >= 4 is 40.0 Å². The van der Waals surface area contributed by atoms with Gasteiger partial charge in [0, 0.05) is 25.3 Å². The fourth-order valence-corrected chi connectivity index (χ4v) is 6.03. The van der Waals surface area contributed by atoms with Crippen LogP contribution in [0, 0.1) is 11.3 Å². The van der Waals surface area contributed by atoms with Crippen LogP contribution in [-0.4, -0.2) is 49.4 Å². The van der Waals surface area contributed by atoms with Crippen LogP contribution in [-0.2, 0) is 40.0 Å². The van der Waals surface area contributed by atoms with Gasteiger partial charge in [-0.15, -0.1) is 12.4 Å². The van der Waals surface area contributed by atoms with Crippen LogP contribution in [0.3, 0.4) is 0 Å². The van der Waals surface area contributed by atoms with Crippen molar-refractivity contribution in [3.05, 3.63) is 100.0 Å². The van der Waals surface area contributed by atoms with Gasteiger partial charge in [0.2, 0.25) is 15.9 Å². The molecule has 0 saturated carbocycles. The van der Waals surface area contributed by atoms with Crippen LogP contribution in [0.2, 0.25) is 0 Å². The van der Waals surface area contributed by atoms with Gasteiger partial charge in [-0.2, -0.15) is 0 Å². The molecule has 3 aromatic rings. The first-order chi connectivity index (χ1) is 19.2. The van der Waals surface area contributed by atoms with E-state index in [4.69, 9.17) is 11.1 Å².